The highest BCUT2D eigenvalue weighted by molar-refractivity contribution is 7.99. The molecule has 0 radical (unpaired) electrons. The van der Waals surface area contributed by atoms with Crippen LogP contribution in [0.4, 0.5) is 0 Å². The zero-order valence-corrected chi connectivity index (χ0v) is 18.5. The zero-order chi connectivity index (χ0) is 21.4. The van der Waals surface area contributed by atoms with Gasteiger partial charge in [-0.05, 0) is 64.2 Å². The van der Waals surface area contributed by atoms with E-state index in [1.54, 1.807) is 11.8 Å². The van der Waals surface area contributed by atoms with Crippen molar-refractivity contribution in [1.29, 1.82) is 5.26 Å². The van der Waals surface area contributed by atoms with Gasteiger partial charge in [-0.15, -0.1) is 0 Å². The number of pyridine rings is 1. The van der Waals surface area contributed by atoms with Crippen molar-refractivity contribution in [3.05, 3.63) is 66.2 Å². The molecule has 1 aliphatic heterocycles. The van der Waals surface area contributed by atoms with E-state index in [2.05, 4.69) is 47.0 Å². The third-order valence-electron chi connectivity index (χ3n) is 6.09. The van der Waals surface area contributed by atoms with Gasteiger partial charge in [-0.25, -0.2) is 4.52 Å². The molecule has 0 aliphatic carbocycles. The van der Waals surface area contributed by atoms with Gasteiger partial charge >= 0.3 is 0 Å². The Hall–Kier alpha value is -3.08. The molecule has 0 saturated carbocycles. The minimum atomic E-state index is 0.453. The van der Waals surface area contributed by atoms with Crippen LogP contribution in [0.2, 0.25) is 0 Å². The van der Waals surface area contributed by atoms with E-state index in [4.69, 9.17) is 5.10 Å². The molecule has 0 N–H and O–H groups in total. The van der Waals surface area contributed by atoms with Gasteiger partial charge in [0.05, 0.1) is 29.5 Å². The highest BCUT2D eigenvalue weighted by Gasteiger charge is 2.22. The van der Waals surface area contributed by atoms with Gasteiger partial charge in [-0.1, -0.05) is 23.9 Å². The summed E-state index contributed by atoms with van der Waals surface area (Å²) in [6.07, 6.45) is 8.12. The summed E-state index contributed by atoms with van der Waals surface area (Å²) in [5, 5.41) is 18.7. The van der Waals surface area contributed by atoms with Gasteiger partial charge in [0.2, 0.25) is 0 Å². The average Bonchev–Trinajstić information content (AvgIpc) is 3.41. The summed E-state index contributed by atoms with van der Waals surface area (Å²) in [5.74, 6) is 0. The van der Waals surface area contributed by atoms with Gasteiger partial charge in [0.15, 0.2) is 0 Å². The second kappa shape index (κ2) is 8.22. The van der Waals surface area contributed by atoms with Crippen LogP contribution in [-0.2, 0) is 0 Å². The molecule has 1 saturated heterocycles. The minimum Gasteiger partial charge on any atom is -0.306 e. The van der Waals surface area contributed by atoms with Crippen molar-refractivity contribution in [3.63, 3.8) is 0 Å². The van der Waals surface area contributed by atoms with E-state index < -0.39 is 0 Å². The fraction of sp³-hybridized carbons (Fsp3) is 0.292. The van der Waals surface area contributed by atoms with Gasteiger partial charge in [-0.3, -0.25) is 4.68 Å². The van der Waals surface area contributed by atoms with Gasteiger partial charge in [0, 0.05) is 32.8 Å². The molecule has 4 heterocycles. The predicted octanol–water partition coefficient (Wildman–Crippen LogP) is 4.80. The number of nitriles is 1. The lowest BCUT2D eigenvalue weighted by Crippen LogP contribution is -2.32. The Morgan fingerprint density at radius 3 is 2.71 bits per heavy atom. The summed E-state index contributed by atoms with van der Waals surface area (Å²) in [5.41, 5.74) is 5.12. The third kappa shape index (κ3) is 3.73. The van der Waals surface area contributed by atoms with Crippen LogP contribution < -0.4 is 0 Å². The number of rotatable bonds is 4. The molecule has 1 fully saturated rings. The van der Waals surface area contributed by atoms with E-state index in [9.17, 15) is 5.26 Å². The molecule has 0 bridgehead atoms. The van der Waals surface area contributed by atoms with Gasteiger partial charge < -0.3 is 4.90 Å². The van der Waals surface area contributed by atoms with Crippen LogP contribution in [0.5, 0.6) is 0 Å². The van der Waals surface area contributed by atoms with Crippen molar-refractivity contribution >= 4 is 17.3 Å². The molecule has 156 valence electrons. The Morgan fingerprint density at radius 1 is 1.10 bits per heavy atom. The van der Waals surface area contributed by atoms with Crippen LogP contribution in [0.15, 0.2) is 64.8 Å². The average molecular weight is 429 g/mol. The zero-order valence-electron chi connectivity index (χ0n) is 17.7. The van der Waals surface area contributed by atoms with E-state index in [0.717, 1.165) is 52.4 Å². The maximum Gasteiger partial charge on any atom is 0.100 e. The Morgan fingerprint density at radius 2 is 1.90 bits per heavy atom. The maximum absolute atomic E-state index is 9.49. The summed E-state index contributed by atoms with van der Waals surface area (Å²) < 4.78 is 4.12. The van der Waals surface area contributed by atoms with E-state index in [-0.39, 0.29) is 0 Å². The molecule has 3 aromatic heterocycles. The van der Waals surface area contributed by atoms with Crippen molar-refractivity contribution in [3.8, 4) is 17.2 Å². The minimum absolute atomic E-state index is 0.453. The number of likely N-dealkylation sites (tertiary alicyclic amines) is 1. The lowest BCUT2D eigenvalue weighted by atomic mass is 10.0. The van der Waals surface area contributed by atoms with Crippen molar-refractivity contribution in [1.82, 2.24) is 24.3 Å². The number of aromatic nitrogens is 4. The summed E-state index contributed by atoms with van der Waals surface area (Å²) in [4.78, 5) is 4.40. The molecule has 1 aromatic carbocycles. The van der Waals surface area contributed by atoms with Gasteiger partial charge in [0.25, 0.3) is 0 Å². The number of hydrogen-bond acceptors (Lipinski definition) is 5. The van der Waals surface area contributed by atoms with Crippen LogP contribution in [-0.4, -0.2) is 44.4 Å². The highest BCUT2D eigenvalue weighted by Crippen LogP contribution is 2.37. The fourth-order valence-corrected chi connectivity index (χ4v) is 5.37. The van der Waals surface area contributed by atoms with Crippen LogP contribution in [0.3, 0.4) is 0 Å². The van der Waals surface area contributed by atoms with E-state index in [0.29, 0.717) is 11.6 Å². The topological polar surface area (TPSA) is 62.2 Å². The molecule has 31 heavy (non-hydrogen) atoms. The van der Waals surface area contributed by atoms with Crippen LogP contribution in [0.1, 0.15) is 30.1 Å². The number of piperidine rings is 1. The van der Waals surface area contributed by atoms with Crippen molar-refractivity contribution in [2.45, 2.75) is 35.6 Å². The second-order valence-corrected chi connectivity index (χ2v) is 9.17. The first kappa shape index (κ1) is 19.9. The Balaban J connectivity index is 1.54. The monoisotopic (exact) mass is 428 g/mol. The van der Waals surface area contributed by atoms with E-state index in [1.807, 2.05) is 47.2 Å². The largest absolute Gasteiger partial charge is 0.306 e. The third-order valence-corrected chi connectivity index (χ3v) is 7.21. The first-order chi connectivity index (χ1) is 15.1. The summed E-state index contributed by atoms with van der Waals surface area (Å²) >= 11 is 1.61. The summed E-state index contributed by atoms with van der Waals surface area (Å²) in [6, 6.07) is 14.7. The first-order valence-corrected chi connectivity index (χ1v) is 11.3. The van der Waals surface area contributed by atoms with Gasteiger partial charge in [-0.2, -0.15) is 15.5 Å². The molecule has 1 aliphatic rings. The van der Waals surface area contributed by atoms with E-state index >= 15 is 0 Å². The molecule has 4 aromatic rings. The fourth-order valence-electron chi connectivity index (χ4n) is 4.31. The number of benzene rings is 1. The number of fused-ring (bicyclic) bond motifs is 1. The number of hydrogen-bond donors (Lipinski definition) is 0. The smallest absolute Gasteiger partial charge is 0.100 e. The maximum atomic E-state index is 9.49. The molecular formula is C24H24N6S. The molecule has 5 rings (SSSR count). The normalized spacial score (nSPS) is 15.4. The van der Waals surface area contributed by atoms with Crippen LogP contribution >= 0.6 is 11.8 Å². The lowest BCUT2D eigenvalue weighted by molar-refractivity contribution is 0.210. The first-order valence-electron chi connectivity index (χ1n) is 10.5. The summed E-state index contributed by atoms with van der Waals surface area (Å²) in [6.45, 7) is 4.38. The Labute approximate surface area is 186 Å². The quantitative estimate of drug-likeness (QED) is 0.467. The van der Waals surface area contributed by atoms with Crippen molar-refractivity contribution in [2.75, 3.05) is 20.1 Å². The Kier molecular flexibility index (Phi) is 5.26. The SMILES string of the molecule is Cc1c(-c2cc(Sc3ccccc3C#N)c3ccnn3c2)cnn1C1CCN(C)CC1. The molecule has 0 amide bonds. The standard InChI is InChI=1S/C24H24N6S/c1-17-21(15-27-30(17)20-8-11-28(2)12-9-20)19-13-24(22-7-10-26-29(22)16-19)31-23-6-4-3-5-18(23)14-25/h3-7,10,13,15-16,20H,8-9,11-12H2,1-2H3. The Bertz CT molecular complexity index is 1270. The second-order valence-electron chi connectivity index (χ2n) is 8.09. The molecule has 0 spiro atoms. The molecule has 7 heteroatoms. The number of nitrogens with zero attached hydrogens (tertiary/aromatic N) is 6. The van der Waals surface area contributed by atoms with Crippen molar-refractivity contribution < 1.29 is 0 Å². The molecule has 6 nitrogen and oxygen atoms in total. The summed E-state index contributed by atoms with van der Waals surface area (Å²) in [7, 11) is 2.18. The highest BCUT2D eigenvalue weighted by atomic mass is 32.2. The van der Waals surface area contributed by atoms with Crippen LogP contribution in [0, 0.1) is 18.3 Å². The van der Waals surface area contributed by atoms with Crippen LogP contribution in [0.25, 0.3) is 16.6 Å². The molecular weight excluding hydrogens is 404 g/mol. The predicted molar refractivity (Wildman–Crippen MR) is 122 cm³/mol. The molecule has 0 atom stereocenters. The molecule has 0 unspecified atom stereocenters. The van der Waals surface area contributed by atoms with E-state index in [1.165, 1.54) is 5.69 Å². The van der Waals surface area contributed by atoms with Gasteiger partial charge in [0.1, 0.15) is 6.07 Å². The van der Waals surface area contributed by atoms with Crippen molar-refractivity contribution in [2.24, 2.45) is 0 Å². The lowest BCUT2D eigenvalue weighted by Gasteiger charge is -2.29.